The van der Waals surface area contributed by atoms with Crippen molar-refractivity contribution in [2.75, 3.05) is 19.8 Å². The van der Waals surface area contributed by atoms with E-state index in [0.29, 0.717) is 6.42 Å². The molecule has 8 nitrogen and oxygen atoms in total. The molecule has 2 atom stereocenters. The first kappa shape index (κ1) is 48.0. The van der Waals surface area contributed by atoms with Crippen LogP contribution in [0.3, 0.4) is 0 Å². The summed E-state index contributed by atoms with van der Waals surface area (Å²) in [5.74, 6) is -0.863. The lowest BCUT2D eigenvalue weighted by atomic mass is 10.0. The molecule has 1 N–H and O–H groups in total. The number of unbranched alkanes of at least 4 members (excludes halogenated alkanes) is 16. The Morgan fingerprint density at radius 1 is 0.540 bits per heavy atom. The van der Waals surface area contributed by atoms with Gasteiger partial charge in [0.25, 0.3) is 0 Å². The third kappa shape index (κ3) is 35.8. The van der Waals surface area contributed by atoms with Crippen LogP contribution in [0.4, 0.5) is 0 Å². The van der Waals surface area contributed by atoms with E-state index in [1.807, 2.05) is 6.08 Å². The quantitative estimate of drug-likeness (QED) is 0.0294. The summed E-state index contributed by atoms with van der Waals surface area (Å²) in [6.07, 6.45) is 41.7. The second-order valence-electron chi connectivity index (χ2n) is 13.0. The number of phosphoric acid groups is 1. The summed E-state index contributed by atoms with van der Waals surface area (Å²) < 4.78 is 32.5. The number of esters is 2. The van der Waals surface area contributed by atoms with Gasteiger partial charge < -0.3 is 14.4 Å². The molecule has 0 spiro atoms. The Hall–Kier alpha value is -1.99. The molecule has 0 aliphatic carbocycles. The molecule has 0 bridgehead atoms. The maximum atomic E-state index is 12.5. The van der Waals surface area contributed by atoms with Gasteiger partial charge in [0, 0.05) is 12.8 Å². The fourth-order valence-electron chi connectivity index (χ4n) is 5.21. The van der Waals surface area contributed by atoms with E-state index in [-0.39, 0.29) is 32.0 Å². The molecule has 0 aliphatic rings. The minimum atomic E-state index is -4.29. The van der Waals surface area contributed by atoms with E-state index in [0.717, 1.165) is 44.9 Å². The van der Waals surface area contributed by atoms with E-state index in [1.54, 1.807) is 6.92 Å². The number of phosphoric ester groups is 1. The highest BCUT2D eigenvalue weighted by molar-refractivity contribution is 7.47. The van der Waals surface area contributed by atoms with E-state index < -0.39 is 26.5 Å². The van der Waals surface area contributed by atoms with Gasteiger partial charge >= 0.3 is 19.8 Å². The highest BCUT2D eigenvalue weighted by atomic mass is 31.2. The van der Waals surface area contributed by atoms with Gasteiger partial charge in [0.2, 0.25) is 0 Å². The molecule has 0 aromatic rings. The van der Waals surface area contributed by atoms with Crippen LogP contribution < -0.4 is 0 Å². The van der Waals surface area contributed by atoms with Crippen LogP contribution in [0.25, 0.3) is 0 Å². The summed E-state index contributed by atoms with van der Waals surface area (Å²) >= 11 is 0. The minimum Gasteiger partial charge on any atom is -0.462 e. The Morgan fingerprint density at radius 2 is 0.980 bits per heavy atom. The van der Waals surface area contributed by atoms with Gasteiger partial charge in [0.05, 0.1) is 13.2 Å². The number of allylic oxidation sites excluding steroid dienone is 8. The Kier molecular flexibility index (Phi) is 35.3. The highest BCUT2D eigenvalue weighted by Gasteiger charge is 2.25. The molecule has 0 aromatic carbocycles. The highest BCUT2D eigenvalue weighted by Crippen LogP contribution is 2.43. The molecule has 50 heavy (non-hydrogen) atoms. The summed E-state index contributed by atoms with van der Waals surface area (Å²) in [7, 11) is -4.29. The third-order valence-corrected chi connectivity index (χ3v) is 9.20. The first-order chi connectivity index (χ1) is 24.3. The predicted molar refractivity (Wildman–Crippen MR) is 207 cm³/mol. The van der Waals surface area contributed by atoms with Gasteiger partial charge in [-0.25, -0.2) is 4.57 Å². The van der Waals surface area contributed by atoms with E-state index in [1.165, 1.54) is 89.9 Å². The molecule has 0 aliphatic heterocycles. The second kappa shape index (κ2) is 36.8. The van der Waals surface area contributed by atoms with Crippen LogP contribution in [0.15, 0.2) is 48.6 Å². The van der Waals surface area contributed by atoms with Crippen LogP contribution >= 0.6 is 7.82 Å². The van der Waals surface area contributed by atoms with Crippen molar-refractivity contribution in [3.8, 4) is 0 Å². The molecule has 290 valence electrons. The number of rotatable bonds is 36. The van der Waals surface area contributed by atoms with Crippen molar-refractivity contribution in [3.63, 3.8) is 0 Å². The maximum Gasteiger partial charge on any atom is 0.472 e. The molecule has 0 saturated carbocycles. The van der Waals surface area contributed by atoms with Crippen molar-refractivity contribution in [1.82, 2.24) is 0 Å². The maximum absolute atomic E-state index is 12.5. The van der Waals surface area contributed by atoms with Crippen LogP contribution in [-0.4, -0.2) is 42.8 Å². The fourth-order valence-corrected chi connectivity index (χ4v) is 5.96. The van der Waals surface area contributed by atoms with E-state index in [4.69, 9.17) is 18.5 Å². The van der Waals surface area contributed by atoms with Gasteiger partial charge in [0.15, 0.2) is 6.10 Å². The summed E-state index contributed by atoms with van der Waals surface area (Å²) in [5, 5.41) is 0. The summed E-state index contributed by atoms with van der Waals surface area (Å²) in [6, 6.07) is 0. The lowest BCUT2D eigenvalue weighted by Crippen LogP contribution is -2.29. The van der Waals surface area contributed by atoms with Gasteiger partial charge in [-0.1, -0.05) is 152 Å². The van der Waals surface area contributed by atoms with Crippen molar-refractivity contribution in [2.45, 2.75) is 181 Å². The number of carbonyl (C=O) groups excluding carboxylic acids is 2. The van der Waals surface area contributed by atoms with Crippen LogP contribution in [0.1, 0.15) is 175 Å². The molecule has 0 rings (SSSR count). The van der Waals surface area contributed by atoms with E-state index >= 15 is 0 Å². The van der Waals surface area contributed by atoms with Gasteiger partial charge in [-0.05, 0) is 58.3 Å². The van der Waals surface area contributed by atoms with Crippen LogP contribution in [-0.2, 0) is 32.7 Å². The van der Waals surface area contributed by atoms with Crippen molar-refractivity contribution >= 4 is 19.8 Å². The standard InChI is InChI=1S/C41H73O8P/c1-4-7-9-11-13-15-17-19-20-21-22-24-26-28-30-32-34-36-41(43)49-39(38-48-50(44,45)47-6-3)37-46-40(42)35-33-31-29-27-25-23-18-16-14-12-10-8-5-2/h13,15,19-20,22,24,28,30,39H,4-12,14,16-18,21,23,25-27,29,31-38H2,1-3H3,(H,44,45)/b15-13-,20-19-,24-22-,30-28-/t39-/m1/s1. The summed E-state index contributed by atoms with van der Waals surface area (Å²) in [5.41, 5.74) is 0. The normalized spacial score (nSPS) is 13.9. The van der Waals surface area contributed by atoms with Crippen LogP contribution in [0, 0.1) is 0 Å². The molecular formula is C41H73O8P. The molecule has 1 unspecified atom stereocenters. The van der Waals surface area contributed by atoms with E-state index in [2.05, 4.69) is 56.4 Å². The zero-order valence-corrected chi connectivity index (χ0v) is 32.9. The van der Waals surface area contributed by atoms with Crippen LogP contribution in [0.2, 0.25) is 0 Å². The smallest absolute Gasteiger partial charge is 0.462 e. The predicted octanol–water partition coefficient (Wildman–Crippen LogP) is 12.2. The van der Waals surface area contributed by atoms with Crippen molar-refractivity contribution in [3.05, 3.63) is 48.6 Å². The van der Waals surface area contributed by atoms with Gasteiger partial charge in [-0.3, -0.25) is 18.6 Å². The molecule has 0 aromatic heterocycles. The van der Waals surface area contributed by atoms with Crippen molar-refractivity contribution in [2.24, 2.45) is 0 Å². The SMILES string of the molecule is CCCCC/C=C\C/C=C\C/C=C\C/C=C\CCCC(=O)O[C@H](COC(=O)CCCCCCCCCCCCCCC)COP(=O)(O)OCC. The molecule has 0 amide bonds. The lowest BCUT2D eigenvalue weighted by molar-refractivity contribution is -0.161. The fraction of sp³-hybridized carbons (Fsp3) is 0.756. The molecule has 0 heterocycles. The first-order valence-corrected chi connectivity index (χ1v) is 21.4. The van der Waals surface area contributed by atoms with Gasteiger partial charge in [-0.15, -0.1) is 0 Å². The molecular weight excluding hydrogens is 651 g/mol. The number of ether oxygens (including phenoxy) is 2. The Morgan fingerprint density at radius 3 is 1.50 bits per heavy atom. The number of hydrogen-bond acceptors (Lipinski definition) is 7. The Labute approximate surface area is 306 Å². The zero-order valence-electron chi connectivity index (χ0n) is 32.0. The monoisotopic (exact) mass is 725 g/mol. The van der Waals surface area contributed by atoms with E-state index in [9.17, 15) is 19.0 Å². The lowest BCUT2D eigenvalue weighted by Gasteiger charge is -2.19. The topological polar surface area (TPSA) is 108 Å². The summed E-state index contributed by atoms with van der Waals surface area (Å²) in [4.78, 5) is 34.6. The first-order valence-electron chi connectivity index (χ1n) is 19.9. The van der Waals surface area contributed by atoms with Crippen molar-refractivity contribution in [1.29, 1.82) is 0 Å². The summed E-state index contributed by atoms with van der Waals surface area (Å²) in [6.45, 7) is 5.37. The molecule has 0 radical (unpaired) electrons. The largest absolute Gasteiger partial charge is 0.472 e. The van der Waals surface area contributed by atoms with Gasteiger partial charge in [0.1, 0.15) is 6.61 Å². The average molecular weight is 725 g/mol. The molecule has 0 fully saturated rings. The Bertz CT molecular complexity index is 958. The van der Waals surface area contributed by atoms with Crippen molar-refractivity contribution < 1.29 is 37.6 Å². The molecule has 0 saturated heterocycles. The number of carbonyl (C=O) groups is 2. The minimum absolute atomic E-state index is 0.0101. The molecule has 9 heteroatoms. The average Bonchev–Trinajstić information content (AvgIpc) is 3.09. The van der Waals surface area contributed by atoms with Crippen LogP contribution in [0.5, 0.6) is 0 Å². The Balaban J connectivity index is 4.24. The van der Waals surface area contributed by atoms with Gasteiger partial charge in [-0.2, -0.15) is 0 Å². The third-order valence-electron chi connectivity index (χ3n) is 8.14. The second-order valence-corrected chi connectivity index (χ2v) is 14.4. The number of hydrogen-bond donors (Lipinski definition) is 1. The zero-order chi connectivity index (χ0) is 36.8.